The Morgan fingerprint density at radius 3 is 2.63 bits per heavy atom. The van der Waals surface area contributed by atoms with Gasteiger partial charge in [-0.2, -0.15) is 0 Å². The van der Waals surface area contributed by atoms with Gasteiger partial charge in [-0.05, 0) is 57.5 Å². The van der Waals surface area contributed by atoms with Crippen LogP contribution in [0.3, 0.4) is 0 Å². The molecule has 2 N–H and O–H groups in total. The minimum Gasteiger partial charge on any atom is -0.444 e. The fourth-order valence-electron chi connectivity index (χ4n) is 4.39. The summed E-state index contributed by atoms with van der Waals surface area (Å²) in [5.41, 5.74) is 0.168. The maximum atomic E-state index is 13.3. The number of aromatic nitrogens is 2. The molecule has 2 atom stereocenters. The Morgan fingerprint density at radius 1 is 1.18 bits per heavy atom. The smallest absolute Gasteiger partial charge is 0.410 e. The van der Waals surface area contributed by atoms with Gasteiger partial charge < -0.3 is 24.4 Å². The Bertz CT molecular complexity index is 1480. The number of fused-ring (bicyclic) bond motifs is 3. The van der Waals surface area contributed by atoms with Crippen LogP contribution < -0.4 is 5.32 Å². The number of nitrogens with zero attached hydrogens (tertiary/aromatic N) is 4. The van der Waals surface area contributed by atoms with Crippen LogP contribution in [0.4, 0.5) is 10.7 Å². The van der Waals surface area contributed by atoms with Crippen molar-refractivity contribution in [3.05, 3.63) is 52.4 Å². The summed E-state index contributed by atoms with van der Waals surface area (Å²) in [4.78, 5) is 39.2. The lowest BCUT2D eigenvalue weighted by atomic mass is 10.1. The molecular formula is C26H29N5O5S2. The van der Waals surface area contributed by atoms with Gasteiger partial charge in [-0.25, -0.2) is 19.0 Å². The van der Waals surface area contributed by atoms with Crippen LogP contribution in [0.1, 0.15) is 36.9 Å². The quantitative estimate of drug-likeness (QED) is 0.455. The van der Waals surface area contributed by atoms with Gasteiger partial charge in [0.25, 0.3) is 5.91 Å². The van der Waals surface area contributed by atoms with E-state index in [-0.39, 0.29) is 18.0 Å². The van der Waals surface area contributed by atoms with E-state index in [1.165, 1.54) is 11.3 Å². The fourth-order valence-corrected chi connectivity index (χ4v) is 5.92. The molecule has 2 amide bonds. The molecule has 2 unspecified atom stereocenters. The van der Waals surface area contributed by atoms with Crippen LogP contribution in [0, 0.1) is 0 Å². The molecule has 0 saturated carbocycles. The van der Waals surface area contributed by atoms with Crippen molar-refractivity contribution in [3.8, 4) is 0 Å². The number of anilines is 1. The Balaban J connectivity index is 1.33. The van der Waals surface area contributed by atoms with Gasteiger partial charge in [0, 0.05) is 47.8 Å². The summed E-state index contributed by atoms with van der Waals surface area (Å²) >= 11 is -0.635. The zero-order valence-corrected chi connectivity index (χ0v) is 23.0. The lowest BCUT2D eigenvalue weighted by molar-refractivity contribution is 0.0141. The maximum absolute atomic E-state index is 13.3. The Labute approximate surface area is 226 Å². The minimum absolute atomic E-state index is 0.0701. The number of benzene rings is 1. The average molecular weight is 556 g/mol. The van der Waals surface area contributed by atoms with Crippen molar-refractivity contribution >= 4 is 61.4 Å². The minimum atomic E-state index is -2.05. The molecule has 1 aromatic carbocycles. The number of nitrogens with one attached hydrogen (secondary N) is 1. The number of rotatable bonds is 4. The topological polar surface area (TPSA) is 125 Å². The number of amides is 2. The van der Waals surface area contributed by atoms with E-state index in [4.69, 9.17) is 9.72 Å². The third-order valence-corrected chi connectivity index (χ3v) is 7.99. The number of thiophene rings is 1. The molecule has 38 heavy (non-hydrogen) atoms. The molecule has 3 heterocycles. The lowest BCUT2D eigenvalue weighted by Crippen LogP contribution is -2.51. The number of hydrogen-bond acceptors (Lipinski definition) is 8. The summed E-state index contributed by atoms with van der Waals surface area (Å²) in [6.07, 6.45) is 7.19. The van der Waals surface area contributed by atoms with Crippen molar-refractivity contribution in [3.63, 3.8) is 0 Å². The third kappa shape index (κ3) is 5.71. The highest BCUT2D eigenvalue weighted by atomic mass is 32.2. The molecule has 0 radical (unpaired) electrons. The first-order chi connectivity index (χ1) is 18.1. The second kappa shape index (κ2) is 10.4. The van der Waals surface area contributed by atoms with Gasteiger partial charge in [0.15, 0.2) is 11.1 Å². The van der Waals surface area contributed by atoms with Crippen LogP contribution >= 0.6 is 11.3 Å². The lowest BCUT2D eigenvalue weighted by Gasteiger charge is -2.35. The molecule has 1 aliphatic heterocycles. The van der Waals surface area contributed by atoms with E-state index < -0.39 is 16.7 Å². The highest BCUT2D eigenvalue weighted by Crippen LogP contribution is 2.32. The summed E-state index contributed by atoms with van der Waals surface area (Å²) < 4.78 is 27.2. The first-order valence-corrected chi connectivity index (χ1v) is 14.2. The largest absolute Gasteiger partial charge is 0.444 e. The van der Waals surface area contributed by atoms with Crippen molar-refractivity contribution in [2.75, 3.05) is 31.5 Å². The van der Waals surface area contributed by atoms with Gasteiger partial charge in [0.05, 0.1) is 21.3 Å². The van der Waals surface area contributed by atoms with Gasteiger partial charge >= 0.3 is 6.09 Å². The van der Waals surface area contributed by atoms with E-state index in [0.29, 0.717) is 48.3 Å². The third-order valence-electron chi connectivity index (χ3n) is 6.23. The van der Waals surface area contributed by atoms with Gasteiger partial charge in [0.2, 0.25) is 5.95 Å². The number of carbonyl (C=O) groups excluding carboxylic acids is 2. The molecule has 2 aliphatic rings. The summed E-state index contributed by atoms with van der Waals surface area (Å²) in [6.45, 7) is 7.22. The summed E-state index contributed by atoms with van der Waals surface area (Å²) in [7, 11) is 0. The molecular weight excluding hydrogens is 526 g/mol. The molecule has 1 fully saturated rings. The number of ether oxygens (including phenoxy) is 1. The zero-order chi connectivity index (χ0) is 27.0. The van der Waals surface area contributed by atoms with Crippen molar-refractivity contribution < 1.29 is 23.1 Å². The van der Waals surface area contributed by atoms with E-state index in [1.54, 1.807) is 28.1 Å². The summed E-state index contributed by atoms with van der Waals surface area (Å²) in [5, 5.41) is 4.94. The second-order valence-electron chi connectivity index (χ2n) is 10.2. The number of allylic oxidation sites excluding steroid dienone is 1. The predicted molar refractivity (Wildman–Crippen MR) is 149 cm³/mol. The molecule has 1 saturated heterocycles. The van der Waals surface area contributed by atoms with Crippen LogP contribution in [-0.2, 0) is 15.8 Å². The van der Waals surface area contributed by atoms with Crippen molar-refractivity contribution in [1.82, 2.24) is 19.8 Å². The van der Waals surface area contributed by atoms with Crippen molar-refractivity contribution in [2.24, 2.45) is 0 Å². The number of carbonyl (C=O) groups is 2. The van der Waals surface area contributed by atoms with Crippen LogP contribution in [-0.4, -0.2) is 78.4 Å². The highest BCUT2D eigenvalue weighted by Gasteiger charge is 2.29. The van der Waals surface area contributed by atoms with Crippen molar-refractivity contribution in [2.45, 2.75) is 38.8 Å². The van der Waals surface area contributed by atoms with E-state index in [0.717, 1.165) is 21.0 Å². The van der Waals surface area contributed by atoms with E-state index in [1.807, 2.05) is 45.0 Å². The Hall–Kier alpha value is -3.35. The first kappa shape index (κ1) is 26.3. The van der Waals surface area contributed by atoms with Crippen molar-refractivity contribution in [1.29, 1.82) is 0 Å². The monoisotopic (exact) mass is 555 g/mol. The summed E-state index contributed by atoms with van der Waals surface area (Å²) in [5.74, 6) is 0.334. The maximum Gasteiger partial charge on any atom is 0.410 e. The molecule has 12 heteroatoms. The molecule has 5 rings (SSSR count). The van der Waals surface area contributed by atoms with E-state index in [9.17, 15) is 18.4 Å². The number of piperazine rings is 1. The predicted octanol–water partition coefficient (Wildman–Crippen LogP) is 4.38. The SMILES string of the molecule is CC(C)(C)OC(=O)N1CCN(C(=O)c2cc3c(ccc4cnc(NC5C=C(S(=O)O)C=CC5)nc43)s2)CC1. The molecule has 3 aromatic rings. The summed E-state index contributed by atoms with van der Waals surface area (Å²) in [6, 6.07) is 5.56. The fraction of sp³-hybridized carbons (Fsp3) is 0.385. The van der Waals surface area contributed by atoms with Gasteiger partial charge in [-0.15, -0.1) is 11.3 Å². The first-order valence-electron chi connectivity index (χ1n) is 12.3. The van der Waals surface area contributed by atoms with E-state index >= 15 is 0 Å². The average Bonchev–Trinajstić information content (AvgIpc) is 3.32. The Kier molecular flexibility index (Phi) is 7.21. The normalized spacial score (nSPS) is 18.9. The van der Waals surface area contributed by atoms with Crippen LogP contribution in [0.15, 0.2) is 47.5 Å². The Morgan fingerprint density at radius 2 is 1.92 bits per heavy atom. The molecule has 10 nitrogen and oxygen atoms in total. The van der Waals surface area contributed by atoms with Gasteiger partial charge in [-0.1, -0.05) is 6.08 Å². The standard InChI is InChI=1S/C26H29N5O5S2/c1-26(2,3)36-25(33)31-11-9-30(10-12-31)23(32)21-14-19-20(37-21)8-7-16-15-27-24(29-22(16)19)28-17-5-4-6-18(13-17)38(34)35/h4,6-8,13-15,17H,5,9-12H2,1-3H3,(H,34,35)(H,27,28,29). The highest BCUT2D eigenvalue weighted by molar-refractivity contribution is 7.83. The molecule has 200 valence electrons. The zero-order valence-electron chi connectivity index (χ0n) is 21.3. The second-order valence-corrected chi connectivity index (χ2v) is 12.2. The van der Waals surface area contributed by atoms with Crippen LogP contribution in [0.25, 0.3) is 21.0 Å². The molecule has 0 spiro atoms. The van der Waals surface area contributed by atoms with Gasteiger partial charge in [0.1, 0.15) is 5.60 Å². The van der Waals surface area contributed by atoms with Crippen LogP contribution in [0.5, 0.6) is 0 Å². The van der Waals surface area contributed by atoms with Gasteiger partial charge in [-0.3, -0.25) is 4.79 Å². The molecule has 1 aliphatic carbocycles. The van der Waals surface area contributed by atoms with Crippen LogP contribution in [0.2, 0.25) is 0 Å². The van der Waals surface area contributed by atoms with E-state index in [2.05, 4.69) is 10.3 Å². The molecule has 0 bridgehead atoms. The molecule has 2 aromatic heterocycles. The number of hydrogen-bond donors (Lipinski definition) is 2.